The number of nitrogens with zero attached hydrogens (tertiary/aromatic N) is 2. The minimum absolute atomic E-state index is 0.160. The number of carbonyl (C=O) groups is 3. The molecule has 0 aliphatic heterocycles. The molecule has 0 unspecified atom stereocenters. The molecule has 21 heavy (non-hydrogen) atoms. The van der Waals surface area contributed by atoms with E-state index in [2.05, 4.69) is 5.32 Å². The summed E-state index contributed by atoms with van der Waals surface area (Å²) in [6.45, 7) is -1.27. The van der Waals surface area contributed by atoms with Crippen molar-refractivity contribution >= 4 is 29.3 Å². The number of aliphatic carboxylic acids is 1. The van der Waals surface area contributed by atoms with Gasteiger partial charge in [-0.05, 0) is 12.1 Å². The Balaban J connectivity index is 2.77. The van der Waals surface area contributed by atoms with Crippen molar-refractivity contribution in [3.8, 4) is 0 Å². The molecule has 1 aromatic carbocycles. The molecule has 0 saturated heterocycles. The molecule has 3 amide bonds. The summed E-state index contributed by atoms with van der Waals surface area (Å²) in [7, 11) is 0. The molecule has 4 N–H and O–H groups in total. The van der Waals surface area contributed by atoms with E-state index < -0.39 is 35.9 Å². The molecule has 0 spiro atoms. The highest BCUT2D eigenvalue weighted by Gasteiger charge is 2.19. The molecule has 0 bridgehead atoms. The lowest BCUT2D eigenvalue weighted by Crippen LogP contribution is -2.43. The first-order valence-electron chi connectivity index (χ1n) is 5.60. The van der Waals surface area contributed by atoms with E-state index in [1.807, 2.05) is 0 Å². The third kappa shape index (κ3) is 5.14. The number of amides is 3. The predicted octanol–water partition coefficient (Wildman–Crippen LogP) is -0.00140. The molecule has 0 radical (unpaired) electrons. The fourth-order valence-corrected chi connectivity index (χ4v) is 1.42. The maximum absolute atomic E-state index is 11.8. The summed E-state index contributed by atoms with van der Waals surface area (Å²) in [6.07, 6.45) is 0. The molecule has 1 aromatic rings. The Morgan fingerprint density at radius 1 is 1.24 bits per heavy atom. The van der Waals surface area contributed by atoms with Gasteiger partial charge in [-0.1, -0.05) is 0 Å². The number of hydrogen-bond donors (Lipinski definition) is 3. The lowest BCUT2D eigenvalue weighted by molar-refractivity contribution is -0.384. The molecule has 10 heteroatoms. The Kier molecular flexibility index (Phi) is 5.17. The van der Waals surface area contributed by atoms with Gasteiger partial charge in [-0.2, -0.15) is 0 Å². The second-order valence-corrected chi connectivity index (χ2v) is 3.95. The smallest absolute Gasteiger partial charge is 0.323 e. The fourth-order valence-electron chi connectivity index (χ4n) is 1.42. The summed E-state index contributed by atoms with van der Waals surface area (Å²) in [6, 6.07) is 4.04. The van der Waals surface area contributed by atoms with Crippen molar-refractivity contribution in [3.05, 3.63) is 34.4 Å². The number of benzene rings is 1. The Labute approximate surface area is 118 Å². The maximum atomic E-state index is 11.8. The third-order valence-electron chi connectivity index (χ3n) is 2.29. The first kappa shape index (κ1) is 15.9. The number of nitro groups is 1. The number of nitrogens with two attached hydrogens (primary N) is 1. The molecule has 10 nitrogen and oxygen atoms in total. The van der Waals surface area contributed by atoms with Crippen LogP contribution in [0.4, 0.5) is 16.2 Å². The van der Waals surface area contributed by atoms with Crippen molar-refractivity contribution < 1.29 is 24.4 Å². The van der Waals surface area contributed by atoms with Gasteiger partial charge >= 0.3 is 12.0 Å². The van der Waals surface area contributed by atoms with E-state index in [-0.39, 0.29) is 11.4 Å². The number of primary amides is 1. The predicted molar refractivity (Wildman–Crippen MR) is 70.5 cm³/mol. The van der Waals surface area contributed by atoms with Crippen LogP contribution in [0.2, 0.25) is 0 Å². The summed E-state index contributed by atoms with van der Waals surface area (Å²) in [5, 5.41) is 21.5. The van der Waals surface area contributed by atoms with E-state index in [1.165, 1.54) is 24.3 Å². The van der Waals surface area contributed by atoms with E-state index in [9.17, 15) is 24.5 Å². The van der Waals surface area contributed by atoms with E-state index in [0.29, 0.717) is 4.90 Å². The van der Waals surface area contributed by atoms with Gasteiger partial charge in [-0.25, -0.2) is 4.79 Å². The highest BCUT2D eigenvalue weighted by atomic mass is 16.6. The second-order valence-electron chi connectivity index (χ2n) is 3.95. The van der Waals surface area contributed by atoms with Crippen LogP contribution >= 0.6 is 0 Å². The molecule has 0 aliphatic rings. The minimum Gasteiger partial charge on any atom is -0.480 e. The van der Waals surface area contributed by atoms with Gasteiger partial charge in [0.25, 0.3) is 5.69 Å². The molecular weight excluding hydrogens is 284 g/mol. The second kappa shape index (κ2) is 6.84. The molecular formula is C11H12N4O6. The summed E-state index contributed by atoms with van der Waals surface area (Å²) < 4.78 is 0. The molecule has 0 saturated carbocycles. The summed E-state index contributed by atoms with van der Waals surface area (Å²) in [5.41, 5.74) is 4.98. The van der Waals surface area contributed by atoms with E-state index in [0.717, 1.165) is 0 Å². The average Bonchev–Trinajstić information content (AvgIpc) is 2.37. The molecule has 112 valence electrons. The van der Waals surface area contributed by atoms with E-state index in [4.69, 9.17) is 10.8 Å². The number of rotatable bonds is 6. The summed E-state index contributed by atoms with van der Waals surface area (Å²) in [4.78, 5) is 43.8. The normalized spacial score (nSPS) is 9.71. The maximum Gasteiger partial charge on any atom is 0.323 e. The van der Waals surface area contributed by atoms with Crippen LogP contribution in [0.15, 0.2) is 24.3 Å². The van der Waals surface area contributed by atoms with Crippen molar-refractivity contribution in [1.29, 1.82) is 0 Å². The van der Waals surface area contributed by atoms with Gasteiger partial charge in [-0.15, -0.1) is 0 Å². The minimum atomic E-state index is -1.31. The standard InChI is InChI=1S/C11H12N4O6/c12-9(16)5-14(6-10(17)18)11(19)13-7-1-3-8(4-2-7)15(20)21/h1-4H,5-6H2,(H2,12,16)(H,13,19)(H,17,18). The van der Waals surface area contributed by atoms with Gasteiger partial charge in [0.1, 0.15) is 13.1 Å². The number of nitrogens with one attached hydrogen (secondary N) is 1. The molecule has 0 heterocycles. The van der Waals surface area contributed by atoms with E-state index in [1.54, 1.807) is 0 Å². The zero-order valence-electron chi connectivity index (χ0n) is 10.7. The van der Waals surface area contributed by atoms with Gasteiger partial charge in [0.2, 0.25) is 5.91 Å². The average molecular weight is 296 g/mol. The Morgan fingerprint density at radius 2 is 1.81 bits per heavy atom. The SMILES string of the molecule is NC(=O)CN(CC(=O)O)C(=O)Nc1ccc([N+](=O)[O-])cc1. The lowest BCUT2D eigenvalue weighted by atomic mass is 10.3. The van der Waals surface area contributed by atoms with Crippen molar-refractivity contribution in [2.45, 2.75) is 0 Å². The molecule has 0 aliphatic carbocycles. The summed E-state index contributed by atoms with van der Waals surface area (Å²) >= 11 is 0. The zero-order valence-corrected chi connectivity index (χ0v) is 10.7. The van der Waals surface area contributed by atoms with Crippen molar-refractivity contribution in [3.63, 3.8) is 0 Å². The van der Waals surface area contributed by atoms with Crippen molar-refractivity contribution in [1.82, 2.24) is 4.90 Å². The number of hydrogen-bond acceptors (Lipinski definition) is 5. The fraction of sp³-hybridized carbons (Fsp3) is 0.182. The topological polar surface area (TPSA) is 156 Å². The van der Waals surface area contributed by atoms with Gasteiger partial charge in [0.05, 0.1) is 4.92 Å². The third-order valence-corrected chi connectivity index (χ3v) is 2.29. The number of urea groups is 1. The number of non-ortho nitro benzene ring substituents is 1. The Bertz CT molecular complexity index is 555. The number of nitro benzene ring substituents is 1. The first-order chi connectivity index (χ1) is 9.79. The lowest BCUT2D eigenvalue weighted by Gasteiger charge is -2.19. The monoisotopic (exact) mass is 296 g/mol. The van der Waals surface area contributed by atoms with Crippen LogP contribution in [0.1, 0.15) is 0 Å². The Hall–Kier alpha value is -3.17. The van der Waals surface area contributed by atoms with Crippen LogP contribution in [0.25, 0.3) is 0 Å². The van der Waals surface area contributed by atoms with Gasteiger partial charge in [0, 0.05) is 17.8 Å². The highest BCUT2D eigenvalue weighted by molar-refractivity contribution is 5.94. The largest absolute Gasteiger partial charge is 0.480 e. The molecule has 0 fully saturated rings. The van der Waals surface area contributed by atoms with Gasteiger partial charge < -0.3 is 21.1 Å². The van der Waals surface area contributed by atoms with Gasteiger partial charge in [-0.3, -0.25) is 19.7 Å². The van der Waals surface area contributed by atoms with Crippen molar-refractivity contribution in [2.24, 2.45) is 5.73 Å². The zero-order chi connectivity index (χ0) is 16.0. The number of carboxylic acid groups (broad SMARTS) is 1. The van der Waals surface area contributed by atoms with Crippen LogP contribution in [0.3, 0.4) is 0 Å². The molecule has 1 rings (SSSR count). The van der Waals surface area contributed by atoms with Crippen LogP contribution in [0, 0.1) is 10.1 Å². The van der Waals surface area contributed by atoms with E-state index >= 15 is 0 Å². The van der Waals surface area contributed by atoms with Crippen molar-refractivity contribution in [2.75, 3.05) is 18.4 Å². The Morgan fingerprint density at radius 3 is 2.24 bits per heavy atom. The first-order valence-corrected chi connectivity index (χ1v) is 5.60. The molecule has 0 aromatic heterocycles. The number of carboxylic acids is 1. The quantitative estimate of drug-likeness (QED) is 0.495. The van der Waals surface area contributed by atoms with Crippen LogP contribution < -0.4 is 11.1 Å². The van der Waals surface area contributed by atoms with Crippen LogP contribution in [0.5, 0.6) is 0 Å². The highest BCUT2D eigenvalue weighted by Crippen LogP contribution is 2.15. The summed E-state index contributed by atoms with van der Waals surface area (Å²) in [5.74, 6) is -2.18. The van der Waals surface area contributed by atoms with Gasteiger partial charge in [0.15, 0.2) is 0 Å². The van der Waals surface area contributed by atoms with Crippen LogP contribution in [-0.2, 0) is 9.59 Å². The number of anilines is 1. The van der Waals surface area contributed by atoms with Crippen LogP contribution in [-0.4, -0.2) is 45.9 Å². The molecule has 0 atom stereocenters. The number of carbonyl (C=O) groups excluding carboxylic acids is 2.